The van der Waals surface area contributed by atoms with Crippen LogP contribution in [0.2, 0.25) is 0 Å². The number of allylic oxidation sites excluding steroid dienone is 8. The second-order valence-corrected chi connectivity index (χ2v) is 22.8. The fourth-order valence-corrected chi connectivity index (χ4v) is 13.5. The van der Waals surface area contributed by atoms with Crippen molar-refractivity contribution < 1.29 is 0 Å². The summed E-state index contributed by atoms with van der Waals surface area (Å²) >= 11 is 0. The zero-order valence-corrected chi connectivity index (χ0v) is 47.4. The first-order valence-electron chi connectivity index (χ1n) is 29.8. The minimum atomic E-state index is -0.242. The van der Waals surface area contributed by atoms with Crippen LogP contribution in [0.3, 0.4) is 0 Å². The van der Waals surface area contributed by atoms with Gasteiger partial charge in [-0.05, 0) is 129 Å². The molecule has 2 aromatic heterocycles. The van der Waals surface area contributed by atoms with Crippen LogP contribution >= 0.6 is 0 Å². The summed E-state index contributed by atoms with van der Waals surface area (Å²) in [6.07, 6.45) is 19.6. The minimum Gasteiger partial charge on any atom is -0.315 e. The maximum Gasteiger partial charge on any atom is 0.164 e. The van der Waals surface area contributed by atoms with E-state index >= 15 is 0 Å². The van der Waals surface area contributed by atoms with Crippen LogP contribution in [-0.2, 0) is 0 Å². The fourth-order valence-electron chi connectivity index (χ4n) is 13.5. The number of anilines is 2. The van der Waals surface area contributed by atoms with Gasteiger partial charge in [0.05, 0.1) is 17.1 Å². The highest BCUT2D eigenvalue weighted by Gasteiger charge is 2.41. The molecule has 0 radical (unpaired) electrons. The van der Waals surface area contributed by atoms with E-state index in [1.54, 1.807) is 0 Å². The Morgan fingerprint density at radius 2 is 0.862 bits per heavy atom. The van der Waals surface area contributed by atoms with Gasteiger partial charge >= 0.3 is 0 Å². The Morgan fingerprint density at radius 1 is 0.391 bits per heavy atom. The van der Waals surface area contributed by atoms with Crippen LogP contribution in [0.1, 0.15) is 35.1 Å². The molecular formula is C79H54N8. The maximum atomic E-state index is 5.45. The van der Waals surface area contributed by atoms with E-state index < -0.39 is 0 Å². The lowest BCUT2D eigenvalue weighted by Crippen LogP contribution is -2.35. The molecule has 0 N–H and O–H groups in total. The number of aliphatic imine (C=N–C) groups is 2. The molecule has 0 saturated carbocycles. The molecular weight excluding hydrogens is 1060 g/mol. The van der Waals surface area contributed by atoms with Gasteiger partial charge in [-0.2, -0.15) is 0 Å². The molecule has 0 spiro atoms. The van der Waals surface area contributed by atoms with E-state index in [4.69, 9.17) is 24.9 Å². The third kappa shape index (κ3) is 8.71. The van der Waals surface area contributed by atoms with E-state index in [9.17, 15) is 0 Å². The van der Waals surface area contributed by atoms with Crippen LogP contribution in [0.5, 0.6) is 0 Å². The Kier molecular flexibility index (Phi) is 12.0. The lowest BCUT2D eigenvalue weighted by atomic mass is 9.89. The van der Waals surface area contributed by atoms with Crippen molar-refractivity contribution >= 4 is 67.5 Å². The molecule has 6 heterocycles. The standard InChI is InChI=1S/C79H54N8/c1-7-19-51(20-8-1)58-33-39-73-65(43-58)69-45-60(53-23-11-3-12-24-53)49-80-78(69)86(73)63-37-41-71-67(47-63)68-48-64(87-74-40-34-59(52-21-9-2-10-22-52)44-66(74)70-46-61(50-81-79(70)87)54-25-13-4-14-26-54)38-42-72(68)85(71)62-35-31-57(32-36-62)77-83-75(55-27-15-5-16-28-55)82-76(84-77)56-29-17-6-18-30-56/h1-43,46-50,73,79H,44-45H2. The molecule has 2 unspecified atom stereocenters. The zero-order chi connectivity index (χ0) is 57.4. The van der Waals surface area contributed by atoms with E-state index in [-0.39, 0.29) is 12.2 Å². The lowest BCUT2D eigenvalue weighted by molar-refractivity contribution is 0.809. The molecule has 0 amide bonds. The van der Waals surface area contributed by atoms with Gasteiger partial charge in [0.25, 0.3) is 0 Å². The van der Waals surface area contributed by atoms with Gasteiger partial charge < -0.3 is 14.4 Å². The second-order valence-electron chi connectivity index (χ2n) is 22.8. The Bertz CT molecular complexity index is 4640. The summed E-state index contributed by atoms with van der Waals surface area (Å²) in [5, 5.41) is 2.26. The summed E-state index contributed by atoms with van der Waals surface area (Å²) in [4.78, 5) is 30.9. The van der Waals surface area contributed by atoms with Crippen molar-refractivity contribution in [3.63, 3.8) is 0 Å². The summed E-state index contributed by atoms with van der Waals surface area (Å²) in [5.41, 5.74) is 24.0. The summed E-state index contributed by atoms with van der Waals surface area (Å²) in [6.45, 7) is 0. The molecule has 8 nitrogen and oxygen atoms in total. The summed E-state index contributed by atoms with van der Waals surface area (Å²) in [5.74, 6) is 2.86. The topological polar surface area (TPSA) is 74.8 Å². The van der Waals surface area contributed by atoms with Crippen molar-refractivity contribution in [3.05, 3.63) is 336 Å². The lowest BCUT2D eigenvalue weighted by Gasteiger charge is -2.29. The van der Waals surface area contributed by atoms with Crippen molar-refractivity contribution in [2.45, 2.75) is 25.0 Å². The predicted molar refractivity (Wildman–Crippen MR) is 357 cm³/mol. The van der Waals surface area contributed by atoms with E-state index in [1.165, 1.54) is 61.4 Å². The number of hydrogen-bond acceptors (Lipinski definition) is 7. The molecule has 11 aromatic rings. The number of dihydropyridines is 1. The van der Waals surface area contributed by atoms with Crippen molar-refractivity contribution in [2.75, 3.05) is 9.80 Å². The first kappa shape index (κ1) is 50.2. The minimum absolute atomic E-state index is 0.0542. The van der Waals surface area contributed by atoms with Gasteiger partial charge in [-0.15, -0.1) is 0 Å². The van der Waals surface area contributed by atoms with E-state index in [0.29, 0.717) is 17.5 Å². The van der Waals surface area contributed by atoms with Crippen LogP contribution in [0.25, 0.3) is 83.9 Å². The molecule has 410 valence electrons. The Morgan fingerprint density at radius 3 is 1.44 bits per heavy atom. The number of aromatic nitrogens is 4. The van der Waals surface area contributed by atoms with Crippen molar-refractivity contribution in [3.8, 4) is 39.9 Å². The Hall–Kier alpha value is -11.4. The largest absolute Gasteiger partial charge is 0.315 e. The number of fused-ring (bicyclic) bond motifs is 7. The molecule has 87 heavy (non-hydrogen) atoms. The van der Waals surface area contributed by atoms with Gasteiger partial charge in [-0.25, -0.2) is 19.9 Å². The summed E-state index contributed by atoms with van der Waals surface area (Å²) in [7, 11) is 0. The molecule has 0 fully saturated rings. The third-order valence-corrected chi connectivity index (χ3v) is 17.7. The van der Waals surface area contributed by atoms with Gasteiger partial charge in [-0.3, -0.25) is 4.99 Å². The van der Waals surface area contributed by atoms with E-state index in [1.807, 2.05) is 60.7 Å². The Labute approximate surface area is 504 Å². The number of amidine groups is 1. The molecule has 8 heteroatoms. The molecule has 4 aliphatic heterocycles. The van der Waals surface area contributed by atoms with Crippen LogP contribution in [0, 0.1) is 0 Å². The van der Waals surface area contributed by atoms with E-state index in [0.717, 1.165) is 85.4 Å². The van der Waals surface area contributed by atoms with Gasteiger partial charge in [0, 0.05) is 92.2 Å². The van der Waals surface area contributed by atoms with Crippen LogP contribution in [0.15, 0.2) is 323 Å². The number of nitrogens with zero attached hydrogens (tertiary/aromatic N) is 8. The first-order chi connectivity index (χ1) is 43.1. The van der Waals surface area contributed by atoms with Crippen LogP contribution in [0.4, 0.5) is 11.4 Å². The van der Waals surface area contributed by atoms with Crippen LogP contribution < -0.4 is 9.80 Å². The highest BCUT2D eigenvalue weighted by molar-refractivity contribution is 6.20. The summed E-state index contributed by atoms with van der Waals surface area (Å²) < 4.78 is 2.41. The van der Waals surface area contributed by atoms with Gasteiger partial charge in [0.15, 0.2) is 23.6 Å². The van der Waals surface area contributed by atoms with Gasteiger partial charge in [-0.1, -0.05) is 200 Å². The smallest absolute Gasteiger partial charge is 0.164 e. The number of benzene rings is 9. The monoisotopic (exact) mass is 1110 g/mol. The van der Waals surface area contributed by atoms with Crippen molar-refractivity contribution in [1.29, 1.82) is 0 Å². The quantitative estimate of drug-likeness (QED) is 0.136. The second kappa shape index (κ2) is 20.8. The molecule has 9 aromatic carbocycles. The third-order valence-electron chi connectivity index (χ3n) is 17.7. The molecule has 2 atom stereocenters. The average Bonchev–Trinajstić information content (AvgIpc) is 1.97. The molecule has 2 aliphatic carbocycles. The highest BCUT2D eigenvalue weighted by atomic mass is 15.3. The summed E-state index contributed by atoms with van der Waals surface area (Å²) in [6, 6.07) is 85.7. The zero-order valence-electron chi connectivity index (χ0n) is 47.4. The SMILES string of the molecule is C1=CC2C(=C3CC(c4ccccc4)=CN=C3N2c2ccc3c(c2)c2cc(N4C5=CC=C(c6ccccc6)CC5=C5C=C(c6ccccc6)C=NC54)ccc2n3-c2ccc(-c3nc(-c4ccccc4)nc(-c4ccccc4)n3)cc2)C=C1c1ccccc1. The number of hydrogen-bond donors (Lipinski definition) is 0. The first-order valence-corrected chi connectivity index (χ1v) is 29.8. The highest BCUT2D eigenvalue weighted by Crippen LogP contribution is 2.50. The van der Waals surface area contributed by atoms with Crippen molar-refractivity contribution in [2.24, 2.45) is 9.98 Å². The predicted octanol–water partition coefficient (Wildman–Crippen LogP) is 17.9. The normalized spacial score (nSPS) is 17.5. The Balaban J connectivity index is 0.827. The maximum absolute atomic E-state index is 5.45. The molecule has 6 aliphatic rings. The van der Waals surface area contributed by atoms with Crippen molar-refractivity contribution in [1.82, 2.24) is 19.5 Å². The number of rotatable bonds is 10. The fraction of sp³-hybridized carbons (Fsp3) is 0.0506. The van der Waals surface area contributed by atoms with Crippen LogP contribution in [-0.4, -0.2) is 43.8 Å². The average molecular weight is 1120 g/mol. The molecule has 0 saturated heterocycles. The molecule has 17 rings (SSSR count). The van der Waals surface area contributed by atoms with E-state index in [2.05, 4.69) is 245 Å². The molecule has 0 bridgehead atoms. The van der Waals surface area contributed by atoms with Gasteiger partial charge in [0.1, 0.15) is 5.84 Å². The van der Waals surface area contributed by atoms with Gasteiger partial charge in [0.2, 0.25) is 0 Å².